The van der Waals surface area contributed by atoms with E-state index >= 15 is 0 Å². The van der Waals surface area contributed by atoms with Gasteiger partial charge in [0.1, 0.15) is 0 Å². The topological polar surface area (TPSA) is 17.1 Å². The molecule has 2 aliphatic carbocycles. The van der Waals surface area contributed by atoms with Crippen LogP contribution in [-0.4, -0.2) is 5.78 Å². The maximum Gasteiger partial charge on any atom is 0.158 e. The van der Waals surface area contributed by atoms with Crippen LogP contribution in [0.1, 0.15) is 57.8 Å². The summed E-state index contributed by atoms with van der Waals surface area (Å²) in [7, 11) is 0. The fourth-order valence-corrected chi connectivity index (χ4v) is 2.53. The van der Waals surface area contributed by atoms with Crippen molar-refractivity contribution < 1.29 is 4.79 Å². The Balaban J connectivity index is 2.22. The molecule has 0 saturated carbocycles. The predicted octanol–water partition coefficient (Wildman–Crippen LogP) is 3.39. The molecule has 0 unspecified atom stereocenters. The van der Waals surface area contributed by atoms with Gasteiger partial charge in [-0.05, 0) is 50.5 Å². The molecule has 13 heavy (non-hydrogen) atoms. The molecule has 0 atom stereocenters. The van der Waals surface area contributed by atoms with E-state index in [1.807, 2.05) is 0 Å². The van der Waals surface area contributed by atoms with Crippen molar-refractivity contribution in [1.29, 1.82) is 0 Å². The standard InChI is InChI=1S/C12H18O/c13-12-9-5-4-7-10-6-2-1-3-8-11(10)12/h1-9H2. The minimum atomic E-state index is 0.467. The molecular weight excluding hydrogens is 160 g/mol. The second-order valence-electron chi connectivity index (χ2n) is 4.27. The second kappa shape index (κ2) is 4.08. The molecule has 0 heterocycles. The van der Waals surface area contributed by atoms with Crippen LogP contribution in [0.5, 0.6) is 0 Å². The normalized spacial score (nSPS) is 25.1. The highest BCUT2D eigenvalue weighted by Crippen LogP contribution is 2.31. The van der Waals surface area contributed by atoms with Crippen LogP contribution in [0.15, 0.2) is 11.1 Å². The molecule has 0 bridgehead atoms. The zero-order valence-corrected chi connectivity index (χ0v) is 8.27. The van der Waals surface area contributed by atoms with Gasteiger partial charge >= 0.3 is 0 Å². The van der Waals surface area contributed by atoms with Gasteiger partial charge in [-0.2, -0.15) is 0 Å². The lowest BCUT2D eigenvalue weighted by atomic mass is 9.98. The van der Waals surface area contributed by atoms with Crippen LogP contribution in [-0.2, 0) is 4.79 Å². The number of hydrogen-bond acceptors (Lipinski definition) is 1. The van der Waals surface area contributed by atoms with Gasteiger partial charge in [-0.15, -0.1) is 0 Å². The number of carbonyl (C=O) groups excluding carboxylic acids is 1. The molecule has 0 N–H and O–H groups in total. The number of allylic oxidation sites excluding steroid dienone is 2. The minimum absolute atomic E-state index is 0.467. The molecule has 0 aromatic rings. The Morgan fingerprint density at radius 2 is 1.31 bits per heavy atom. The first kappa shape index (κ1) is 8.98. The first-order chi connectivity index (χ1) is 6.38. The van der Waals surface area contributed by atoms with Gasteiger partial charge in [-0.25, -0.2) is 0 Å². The summed E-state index contributed by atoms with van der Waals surface area (Å²) < 4.78 is 0. The Kier molecular flexibility index (Phi) is 2.82. The molecule has 2 rings (SSSR count). The van der Waals surface area contributed by atoms with Crippen molar-refractivity contribution in [1.82, 2.24) is 0 Å². The lowest BCUT2D eigenvalue weighted by Gasteiger charge is -2.06. The monoisotopic (exact) mass is 178 g/mol. The SMILES string of the molecule is O=C1CCCCC2=C1CCCCC2. The van der Waals surface area contributed by atoms with Gasteiger partial charge in [0.15, 0.2) is 5.78 Å². The van der Waals surface area contributed by atoms with Gasteiger partial charge in [0.2, 0.25) is 0 Å². The molecule has 0 amide bonds. The number of Topliss-reactive ketones (excluding diaryl/α,β-unsaturated/α-hetero) is 1. The Hall–Kier alpha value is -0.590. The average Bonchev–Trinajstić information content (AvgIpc) is 2.43. The summed E-state index contributed by atoms with van der Waals surface area (Å²) in [4.78, 5) is 11.7. The van der Waals surface area contributed by atoms with Gasteiger partial charge in [0.05, 0.1) is 0 Å². The summed E-state index contributed by atoms with van der Waals surface area (Å²) in [6.07, 6.45) is 10.5. The van der Waals surface area contributed by atoms with Crippen LogP contribution in [0.2, 0.25) is 0 Å². The zero-order valence-electron chi connectivity index (χ0n) is 8.27. The number of rotatable bonds is 0. The van der Waals surface area contributed by atoms with E-state index < -0.39 is 0 Å². The van der Waals surface area contributed by atoms with Crippen LogP contribution in [0.4, 0.5) is 0 Å². The molecule has 0 radical (unpaired) electrons. The molecule has 0 fully saturated rings. The number of ketones is 1. The van der Waals surface area contributed by atoms with Crippen molar-refractivity contribution in [2.24, 2.45) is 0 Å². The maximum atomic E-state index is 11.7. The molecule has 0 aliphatic heterocycles. The Bertz CT molecular complexity index is 234. The third-order valence-corrected chi connectivity index (χ3v) is 3.30. The molecular formula is C12H18O. The third kappa shape index (κ3) is 2.01. The Morgan fingerprint density at radius 1 is 0.692 bits per heavy atom. The summed E-state index contributed by atoms with van der Waals surface area (Å²) in [5.74, 6) is 0.467. The van der Waals surface area contributed by atoms with E-state index in [1.165, 1.54) is 49.7 Å². The van der Waals surface area contributed by atoms with Gasteiger partial charge in [-0.1, -0.05) is 12.0 Å². The van der Waals surface area contributed by atoms with Gasteiger partial charge in [0.25, 0.3) is 0 Å². The molecule has 0 spiro atoms. The van der Waals surface area contributed by atoms with Crippen molar-refractivity contribution in [3.05, 3.63) is 11.1 Å². The minimum Gasteiger partial charge on any atom is -0.295 e. The van der Waals surface area contributed by atoms with E-state index in [0.717, 1.165) is 19.3 Å². The van der Waals surface area contributed by atoms with E-state index in [1.54, 1.807) is 0 Å². The Labute approximate surface area is 80.2 Å². The van der Waals surface area contributed by atoms with Crippen LogP contribution < -0.4 is 0 Å². The number of carbonyl (C=O) groups is 1. The fraction of sp³-hybridized carbons (Fsp3) is 0.750. The molecule has 0 aromatic heterocycles. The smallest absolute Gasteiger partial charge is 0.158 e. The van der Waals surface area contributed by atoms with Gasteiger partial charge in [0, 0.05) is 6.42 Å². The predicted molar refractivity (Wildman–Crippen MR) is 53.6 cm³/mol. The zero-order chi connectivity index (χ0) is 9.10. The largest absolute Gasteiger partial charge is 0.295 e. The first-order valence-electron chi connectivity index (χ1n) is 5.62. The lowest BCUT2D eigenvalue weighted by Crippen LogP contribution is -2.02. The molecule has 72 valence electrons. The van der Waals surface area contributed by atoms with Crippen molar-refractivity contribution >= 4 is 5.78 Å². The van der Waals surface area contributed by atoms with E-state index in [0.29, 0.717) is 5.78 Å². The van der Waals surface area contributed by atoms with E-state index in [9.17, 15) is 4.79 Å². The second-order valence-corrected chi connectivity index (χ2v) is 4.27. The molecule has 1 heteroatoms. The van der Waals surface area contributed by atoms with Crippen LogP contribution in [0.3, 0.4) is 0 Å². The highest BCUT2D eigenvalue weighted by Gasteiger charge is 2.19. The van der Waals surface area contributed by atoms with E-state index in [-0.39, 0.29) is 0 Å². The molecule has 0 aromatic carbocycles. The fourth-order valence-electron chi connectivity index (χ4n) is 2.53. The molecule has 2 aliphatic rings. The van der Waals surface area contributed by atoms with Crippen molar-refractivity contribution in [2.75, 3.05) is 0 Å². The highest BCUT2D eigenvalue weighted by molar-refractivity contribution is 5.96. The first-order valence-corrected chi connectivity index (χ1v) is 5.62. The summed E-state index contributed by atoms with van der Waals surface area (Å²) in [5.41, 5.74) is 2.75. The van der Waals surface area contributed by atoms with E-state index in [4.69, 9.17) is 0 Å². The van der Waals surface area contributed by atoms with E-state index in [2.05, 4.69) is 0 Å². The average molecular weight is 178 g/mol. The molecule has 1 nitrogen and oxygen atoms in total. The maximum absolute atomic E-state index is 11.7. The summed E-state index contributed by atoms with van der Waals surface area (Å²) >= 11 is 0. The summed E-state index contributed by atoms with van der Waals surface area (Å²) in [6.45, 7) is 0. The summed E-state index contributed by atoms with van der Waals surface area (Å²) in [6, 6.07) is 0. The summed E-state index contributed by atoms with van der Waals surface area (Å²) in [5, 5.41) is 0. The van der Waals surface area contributed by atoms with Gasteiger partial charge in [-0.3, -0.25) is 4.79 Å². The van der Waals surface area contributed by atoms with Crippen molar-refractivity contribution in [3.63, 3.8) is 0 Å². The van der Waals surface area contributed by atoms with Crippen molar-refractivity contribution in [2.45, 2.75) is 57.8 Å². The third-order valence-electron chi connectivity index (χ3n) is 3.30. The van der Waals surface area contributed by atoms with Gasteiger partial charge < -0.3 is 0 Å². The Morgan fingerprint density at radius 3 is 2.15 bits per heavy atom. The van der Waals surface area contributed by atoms with Crippen molar-refractivity contribution in [3.8, 4) is 0 Å². The number of hydrogen-bond donors (Lipinski definition) is 0. The van der Waals surface area contributed by atoms with Crippen LogP contribution in [0.25, 0.3) is 0 Å². The van der Waals surface area contributed by atoms with Crippen LogP contribution >= 0.6 is 0 Å². The van der Waals surface area contributed by atoms with Crippen LogP contribution in [0, 0.1) is 0 Å². The highest BCUT2D eigenvalue weighted by atomic mass is 16.1. The quantitative estimate of drug-likeness (QED) is 0.555. The molecule has 0 saturated heterocycles. The lowest BCUT2D eigenvalue weighted by molar-refractivity contribution is -0.115.